The predicted octanol–water partition coefficient (Wildman–Crippen LogP) is 1.15. The van der Waals surface area contributed by atoms with Gasteiger partial charge in [-0.2, -0.15) is 14.6 Å². The number of hydrogen-bond acceptors (Lipinski definition) is 4. The fraction of sp³-hybridized carbons (Fsp3) is 0.455. The van der Waals surface area contributed by atoms with E-state index in [2.05, 4.69) is 73.8 Å². The Labute approximate surface area is 118 Å². The van der Waals surface area contributed by atoms with E-state index in [4.69, 9.17) is 11.8 Å². The molecule has 3 bridgehead atoms. The lowest BCUT2D eigenvalue weighted by Crippen LogP contribution is -2.61. The molecule has 8 heteroatoms. The number of hydrazine groups is 3. The predicted molar refractivity (Wildman–Crippen MR) is 78.9 cm³/mol. The number of rotatable bonds is 1. The van der Waals surface area contributed by atoms with Crippen LogP contribution < -0.4 is 5.01 Å². The lowest BCUT2D eigenvalue weighted by atomic mass is 10.3. The molecule has 3 atom stereocenters. The van der Waals surface area contributed by atoms with E-state index in [-0.39, 0.29) is 0 Å². The third-order valence-electron chi connectivity index (χ3n) is 4.12. The Morgan fingerprint density at radius 3 is 2.26 bits per heavy atom. The molecule has 102 valence electrons. The van der Waals surface area contributed by atoms with Crippen molar-refractivity contribution in [3.05, 3.63) is 30.3 Å². The fourth-order valence-electron chi connectivity index (χ4n) is 2.95. The highest BCUT2D eigenvalue weighted by molar-refractivity contribution is 8.11. The number of benzene rings is 1. The summed E-state index contributed by atoms with van der Waals surface area (Å²) in [6, 6.07) is 10.5. The minimum Gasteiger partial charge on any atom is -0.283 e. The van der Waals surface area contributed by atoms with Crippen LogP contribution in [0.25, 0.3) is 0 Å². The molecule has 3 saturated heterocycles. The maximum Gasteiger partial charge on any atom is 0.191 e. The molecule has 3 aliphatic heterocycles. The first-order chi connectivity index (χ1) is 9.12. The molecular weight excluding hydrogens is 279 g/mol. The Kier molecular flexibility index (Phi) is 2.57. The largest absolute Gasteiger partial charge is 0.283 e. The number of para-hydroxylation sites is 1. The Balaban J connectivity index is 1.81. The second-order valence-corrected chi connectivity index (χ2v) is 9.15. The van der Waals surface area contributed by atoms with Crippen LogP contribution >= 0.6 is 6.49 Å². The van der Waals surface area contributed by atoms with Crippen molar-refractivity contribution in [3.63, 3.8) is 0 Å². The molecular formula is C11H17N6PS. The highest BCUT2D eigenvalue weighted by Gasteiger charge is 2.56. The van der Waals surface area contributed by atoms with Gasteiger partial charge in [0.05, 0.1) is 19.0 Å². The van der Waals surface area contributed by atoms with Crippen molar-refractivity contribution in [2.45, 2.75) is 0 Å². The molecule has 0 N–H and O–H groups in total. The standard InChI is InChI=1S/C11H17N6PS/c1-12-14-8-15-10-17(18(12,19)13(15)2)16(9-14)11-6-4-3-5-7-11/h3-7H,8-10H2,1-2H3. The average Bonchev–Trinajstić information content (AvgIpc) is 2.60. The van der Waals surface area contributed by atoms with Gasteiger partial charge in [0, 0.05) is 14.1 Å². The Morgan fingerprint density at radius 1 is 0.947 bits per heavy atom. The summed E-state index contributed by atoms with van der Waals surface area (Å²) in [7, 11) is 4.23. The summed E-state index contributed by atoms with van der Waals surface area (Å²) < 4.78 is 6.89. The van der Waals surface area contributed by atoms with Gasteiger partial charge in [-0.25, -0.2) is 5.01 Å². The zero-order valence-electron chi connectivity index (χ0n) is 11.0. The summed E-state index contributed by atoms with van der Waals surface area (Å²) in [5, 5.41) is 6.98. The molecule has 1 aromatic carbocycles. The summed E-state index contributed by atoms with van der Waals surface area (Å²) >= 11 is 6.03. The van der Waals surface area contributed by atoms with Gasteiger partial charge in [-0.3, -0.25) is 5.01 Å². The van der Waals surface area contributed by atoms with Crippen LogP contribution in [0, 0.1) is 0 Å². The lowest BCUT2D eigenvalue weighted by molar-refractivity contribution is -0.0567. The first-order valence-corrected chi connectivity index (χ1v) is 8.97. The molecule has 3 unspecified atom stereocenters. The van der Waals surface area contributed by atoms with Crippen LogP contribution in [-0.4, -0.2) is 58.5 Å². The number of fused-ring (bicyclic) bond motifs is 2. The van der Waals surface area contributed by atoms with Crippen LogP contribution in [0.2, 0.25) is 0 Å². The van der Waals surface area contributed by atoms with Crippen molar-refractivity contribution >= 4 is 24.0 Å². The van der Waals surface area contributed by atoms with Gasteiger partial charge in [0.1, 0.15) is 6.67 Å². The highest BCUT2D eigenvalue weighted by Crippen LogP contribution is 2.65. The smallest absolute Gasteiger partial charge is 0.191 e. The summed E-state index contributed by atoms with van der Waals surface area (Å²) in [4.78, 5) is 0. The van der Waals surface area contributed by atoms with Crippen LogP contribution in [0.5, 0.6) is 0 Å². The molecule has 4 rings (SSSR count). The maximum absolute atomic E-state index is 6.03. The fourth-order valence-corrected chi connectivity index (χ4v) is 6.60. The normalized spacial score (nSPS) is 39.2. The number of hydrogen-bond donors (Lipinski definition) is 0. The molecule has 19 heavy (non-hydrogen) atoms. The second-order valence-electron chi connectivity index (χ2n) is 5.04. The SMILES string of the molecule is CN1N2CN3CN(N(c4ccccc4)C2)P1(=S)N3C. The summed E-state index contributed by atoms with van der Waals surface area (Å²) in [6.07, 6.45) is 0. The molecule has 1 aromatic rings. The van der Waals surface area contributed by atoms with E-state index in [1.54, 1.807) is 0 Å². The van der Waals surface area contributed by atoms with Gasteiger partial charge in [-0.15, -0.1) is 4.78 Å². The van der Waals surface area contributed by atoms with Crippen molar-refractivity contribution in [1.82, 2.24) is 24.4 Å². The molecule has 3 fully saturated rings. The van der Waals surface area contributed by atoms with Gasteiger partial charge in [0.25, 0.3) is 0 Å². The monoisotopic (exact) mass is 296 g/mol. The van der Waals surface area contributed by atoms with E-state index in [0.717, 1.165) is 20.0 Å². The molecule has 3 aliphatic rings. The van der Waals surface area contributed by atoms with Crippen LogP contribution in [0.15, 0.2) is 30.3 Å². The minimum atomic E-state index is -1.87. The zero-order chi connectivity index (χ0) is 13.2. The molecule has 3 heterocycles. The molecule has 0 aliphatic carbocycles. The average molecular weight is 296 g/mol. The zero-order valence-corrected chi connectivity index (χ0v) is 12.8. The summed E-state index contributed by atoms with van der Waals surface area (Å²) in [5.41, 5.74) is 1.21. The van der Waals surface area contributed by atoms with E-state index in [1.807, 2.05) is 0 Å². The number of anilines is 1. The van der Waals surface area contributed by atoms with Gasteiger partial charge < -0.3 is 0 Å². The number of nitrogens with zero attached hydrogens (tertiary/aromatic N) is 6. The van der Waals surface area contributed by atoms with Gasteiger partial charge in [0.2, 0.25) is 0 Å². The van der Waals surface area contributed by atoms with E-state index in [1.165, 1.54) is 5.69 Å². The maximum atomic E-state index is 6.03. The van der Waals surface area contributed by atoms with Crippen molar-refractivity contribution in [1.29, 1.82) is 0 Å². The highest BCUT2D eigenvalue weighted by atomic mass is 32.4. The first-order valence-electron chi connectivity index (χ1n) is 6.31. The van der Waals surface area contributed by atoms with Crippen LogP contribution in [0.3, 0.4) is 0 Å². The van der Waals surface area contributed by atoms with Crippen molar-refractivity contribution in [3.8, 4) is 0 Å². The molecule has 0 amide bonds. The van der Waals surface area contributed by atoms with E-state index < -0.39 is 6.49 Å². The lowest BCUT2D eigenvalue weighted by Gasteiger charge is -2.55. The van der Waals surface area contributed by atoms with Crippen LogP contribution in [0.4, 0.5) is 5.69 Å². The molecule has 0 saturated carbocycles. The van der Waals surface area contributed by atoms with Crippen molar-refractivity contribution in [2.24, 2.45) is 0 Å². The molecule has 0 radical (unpaired) electrons. The van der Waals surface area contributed by atoms with Gasteiger partial charge in [0.15, 0.2) is 6.49 Å². The third kappa shape index (κ3) is 1.46. The van der Waals surface area contributed by atoms with Crippen molar-refractivity contribution in [2.75, 3.05) is 39.1 Å². The summed E-state index contributed by atoms with van der Waals surface area (Å²) in [6.45, 7) is 0.778. The first kappa shape index (κ1) is 12.2. The molecule has 0 aromatic heterocycles. The topological polar surface area (TPSA) is 19.4 Å². The molecule has 0 spiro atoms. The van der Waals surface area contributed by atoms with Gasteiger partial charge in [-0.05, 0) is 23.9 Å². The quantitative estimate of drug-likeness (QED) is 0.715. The Hall–Kier alpha value is -0.530. The third-order valence-corrected chi connectivity index (χ3v) is 9.06. The van der Waals surface area contributed by atoms with Crippen LogP contribution in [0.1, 0.15) is 0 Å². The van der Waals surface area contributed by atoms with Crippen LogP contribution in [-0.2, 0) is 11.8 Å². The van der Waals surface area contributed by atoms with Gasteiger partial charge in [-0.1, -0.05) is 18.2 Å². The second kappa shape index (κ2) is 3.99. The van der Waals surface area contributed by atoms with Gasteiger partial charge >= 0.3 is 0 Å². The van der Waals surface area contributed by atoms with Crippen molar-refractivity contribution < 1.29 is 0 Å². The Bertz CT molecular complexity index is 553. The van der Waals surface area contributed by atoms with E-state index >= 15 is 0 Å². The minimum absolute atomic E-state index is 0.864. The summed E-state index contributed by atoms with van der Waals surface area (Å²) in [5.74, 6) is 0. The van der Waals surface area contributed by atoms with E-state index in [9.17, 15) is 0 Å². The molecule has 6 nitrogen and oxygen atoms in total. The van der Waals surface area contributed by atoms with E-state index in [0.29, 0.717) is 0 Å². The Morgan fingerprint density at radius 2 is 1.58 bits per heavy atom.